The van der Waals surface area contributed by atoms with Crippen molar-refractivity contribution in [2.24, 2.45) is 11.7 Å². The highest BCUT2D eigenvalue weighted by Crippen LogP contribution is 2.24. The highest BCUT2D eigenvalue weighted by Gasteiger charge is 2.24. The number of hydrogen-bond donors (Lipinski definition) is 1. The van der Waals surface area contributed by atoms with Crippen LogP contribution >= 0.6 is 0 Å². The molecule has 1 heterocycles. The van der Waals surface area contributed by atoms with Crippen molar-refractivity contribution in [3.63, 3.8) is 0 Å². The van der Waals surface area contributed by atoms with Crippen molar-refractivity contribution in [2.75, 3.05) is 6.54 Å². The zero-order valence-corrected chi connectivity index (χ0v) is 10.1. The summed E-state index contributed by atoms with van der Waals surface area (Å²) in [4.78, 5) is 2.40. The molecule has 0 bridgehead atoms. The molecular formula is C14H22N2. The van der Waals surface area contributed by atoms with Crippen molar-refractivity contribution in [2.45, 2.75) is 38.9 Å². The standard InChI is InChI=1S/C14H22N2/c1-2-12-8-9-16(14(15)10-12)11-13-6-4-3-5-7-13/h3-7,12,14H,2,8-11,15H2,1H3. The predicted molar refractivity (Wildman–Crippen MR) is 67.8 cm³/mol. The summed E-state index contributed by atoms with van der Waals surface area (Å²) >= 11 is 0. The molecule has 1 aromatic rings. The van der Waals surface area contributed by atoms with Crippen LogP contribution in [0.25, 0.3) is 0 Å². The van der Waals surface area contributed by atoms with Crippen LogP contribution in [-0.2, 0) is 6.54 Å². The largest absolute Gasteiger partial charge is 0.316 e. The summed E-state index contributed by atoms with van der Waals surface area (Å²) in [5, 5.41) is 0. The van der Waals surface area contributed by atoms with Crippen LogP contribution in [0.5, 0.6) is 0 Å². The smallest absolute Gasteiger partial charge is 0.0577 e. The van der Waals surface area contributed by atoms with Gasteiger partial charge in [0.15, 0.2) is 0 Å². The molecule has 1 aromatic carbocycles. The molecule has 0 radical (unpaired) electrons. The van der Waals surface area contributed by atoms with E-state index < -0.39 is 0 Å². The van der Waals surface area contributed by atoms with Crippen LogP contribution < -0.4 is 5.73 Å². The van der Waals surface area contributed by atoms with Crippen LogP contribution in [0.3, 0.4) is 0 Å². The Bertz CT molecular complexity index is 310. The summed E-state index contributed by atoms with van der Waals surface area (Å²) in [7, 11) is 0. The molecule has 88 valence electrons. The Labute approximate surface area is 98.4 Å². The van der Waals surface area contributed by atoms with Gasteiger partial charge in [0.1, 0.15) is 0 Å². The van der Waals surface area contributed by atoms with Crippen LogP contribution in [0, 0.1) is 5.92 Å². The van der Waals surface area contributed by atoms with Gasteiger partial charge in [-0.2, -0.15) is 0 Å². The SMILES string of the molecule is CCC1CCN(Cc2ccccc2)C(N)C1. The van der Waals surface area contributed by atoms with Gasteiger partial charge in [0.25, 0.3) is 0 Å². The summed E-state index contributed by atoms with van der Waals surface area (Å²) in [5.41, 5.74) is 7.59. The fourth-order valence-corrected chi connectivity index (χ4v) is 2.51. The van der Waals surface area contributed by atoms with Gasteiger partial charge in [0.2, 0.25) is 0 Å². The fourth-order valence-electron chi connectivity index (χ4n) is 2.51. The van der Waals surface area contributed by atoms with Crippen molar-refractivity contribution < 1.29 is 0 Å². The third-order valence-electron chi connectivity index (χ3n) is 3.67. The number of nitrogens with two attached hydrogens (primary N) is 1. The molecule has 2 rings (SSSR count). The zero-order chi connectivity index (χ0) is 11.4. The first-order valence-corrected chi connectivity index (χ1v) is 6.33. The number of nitrogens with zero attached hydrogens (tertiary/aromatic N) is 1. The molecule has 1 aliphatic heterocycles. The third kappa shape index (κ3) is 2.83. The van der Waals surface area contributed by atoms with Gasteiger partial charge in [-0.3, -0.25) is 4.90 Å². The van der Waals surface area contributed by atoms with E-state index in [1.807, 2.05) is 0 Å². The first kappa shape index (κ1) is 11.6. The minimum Gasteiger partial charge on any atom is -0.316 e. The Morgan fingerprint density at radius 3 is 2.69 bits per heavy atom. The van der Waals surface area contributed by atoms with Crippen molar-refractivity contribution in [1.29, 1.82) is 0 Å². The quantitative estimate of drug-likeness (QED) is 0.845. The molecule has 1 aliphatic rings. The lowest BCUT2D eigenvalue weighted by Crippen LogP contribution is -2.47. The number of benzene rings is 1. The summed E-state index contributed by atoms with van der Waals surface area (Å²) in [6.45, 7) is 4.41. The Balaban J connectivity index is 1.92. The second-order valence-corrected chi connectivity index (χ2v) is 4.82. The Hall–Kier alpha value is -0.860. The molecule has 0 aromatic heterocycles. The number of piperidine rings is 1. The van der Waals surface area contributed by atoms with Gasteiger partial charge in [-0.25, -0.2) is 0 Å². The van der Waals surface area contributed by atoms with E-state index in [9.17, 15) is 0 Å². The van der Waals surface area contributed by atoms with Gasteiger partial charge in [-0.05, 0) is 24.3 Å². The molecule has 1 saturated heterocycles. The molecule has 2 atom stereocenters. The van der Waals surface area contributed by atoms with Gasteiger partial charge < -0.3 is 5.73 Å². The van der Waals surface area contributed by atoms with Gasteiger partial charge in [-0.1, -0.05) is 43.7 Å². The minimum absolute atomic E-state index is 0.249. The van der Waals surface area contributed by atoms with E-state index in [4.69, 9.17) is 5.73 Å². The maximum absolute atomic E-state index is 6.22. The van der Waals surface area contributed by atoms with Crippen LogP contribution in [0.2, 0.25) is 0 Å². The summed E-state index contributed by atoms with van der Waals surface area (Å²) in [5.74, 6) is 0.835. The second-order valence-electron chi connectivity index (χ2n) is 4.82. The molecule has 2 heteroatoms. The van der Waals surface area contributed by atoms with Crippen molar-refractivity contribution >= 4 is 0 Å². The Morgan fingerprint density at radius 1 is 1.31 bits per heavy atom. The van der Waals surface area contributed by atoms with Gasteiger partial charge in [-0.15, -0.1) is 0 Å². The second kappa shape index (κ2) is 5.46. The maximum atomic E-state index is 6.22. The lowest BCUT2D eigenvalue weighted by molar-refractivity contribution is 0.106. The highest BCUT2D eigenvalue weighted by atomic mass is 15.2. The lowest BCUT2D eigenvalue weighted by atomic mass is 9.92. The number of likely N-dealkylation sites (tertiary alicyclic amines) is 1. The van der Waals surface area contributed by atoms with E-state index in [1.165, 1.54) is 18.4 Å². The van der Waals surface area contributed by atoms with Gasteiger partial charge in [0.05, 0.1) is 6.17 Å². The third-order valence-corrected chi connectivity index (χ3v) is 3.67. The van der Waals surface area contributed by atoms with Crippen LogP contribution in [0.15, 0.2) is 30.3 Å². The lowest BCUT2D eigenvalue weighted by Gasteiger charge is -2.37. The summed E-state index contributed by atoms with van der Waals surface area (Å²) in [6, 6.07) is 10.6. The van der Waals surface area contributed by atoms with Crippen molar-refractivity contribution in [3.05, 3.63) is 35.9 Å². The van der Waals surface area contributed by atoms with E-state index in [0.717, 1.165) is 25.4 Å². The topological polar surface area (TPSA) is 29.3 Å². The predicted octanol–water partition coefficient (Wildman–Crippen LogP) is 2.59. The molecule has 16 heavy (non-hydrogen) atoms. The van der Waals surface area contributed by atoms with Crippen LogP contribution in [-0.4, -0.2) is 17.6 Å². The first-order valence-electron chi connectivity index (χ1n) is 6.33. The fraction of sp³-hybridized carbons (Fsp3) is 0.571. The molecule has 2 unspecified atom stereocenters. The number of hydrogen-bond acceptors (Lipinski definition) is 2. The van der Waals surface area contributed by atoms with Crippen molar-refractivity contribution in [3.8, 4) is 0 Å². The average Bonchev–Trinajstić information content (AvgIpc) is 2.33. The zero-order valence-electron chi connectivity index (χ0n) is 10.1. The normalized spacial score (nSPS) is 26.9. The van der Waals surface area contributed by atoms with E-state index in [2.05, 4.69) is 42.2 Å². The maximum Gasteiger partial charge on any atom is 0.0577 e. The van der Waals surface area contributed by atoms with Crippen LogP contribution in [0.4, 0.5) is 0 Å². The Morgan fingerprint density at radius 2 is 2.06 bits per heavy atom. The highest BCUT2D eigenvalue weighted by molar-refractivity contribution is 5.14. The average molecular weight is 218 g/mol. The van der Waals surface area contributed by atoms with Gasteiger partial charge in [0, 0.05) is 13.1 Å². The first-order chi connectivity index (χ1) is 7.79. The van der Waals surface area contributed by atoms with Crippen molar-refractivity contribution in [1.82, 2.24) is 4.90 Å². The molecule has 0 saturated carbocycles. The minimum atomic E-state index is 0.249. The van der Waals surface area contributed by atoms with E-state index >= 15 is 0 Å². The van der Waals surface area contributed by atoms with E-state index in [-0.39, 0.29) is 6.17 Å². The molecule has 2 nitrogen and oxygen atoms in total. The van der Waals surface area contributed by atoms with E-state index in [0.29, 0.717) is 0 Å². The monoisotopic (exact) mass is 218 g/mol. The van der Waals surface area contributed by atoms with Crippen LogP contribution in [0.1, 0.15) is 31.7 Å². The van der Waals surface area contributed by atoms with Gasteiger partial charge >= 0.3 is 0 Å². The summed E-state index contributed by atoms with van der Waals surface area (Å²) < 4.78 is 0. The molecule has 0 aliphatic carbocycles. The molecule has 2 N–H and O–H groups in total. The molecule has 0 amide bonds. The van der Waals surface area contributed by atoms with E-state index in [1.54, 1.807) is 0 Å². The number of rotatable bonds is 3. The summed E-state index contributed by atoms with van der Waals surface area (Å²) in [6.07, 6.45) is 3.98. The molecule has 0 spiro atoms. The Kier molecular flexibility index (Phi) is 3.97. The molecular weight excluding hydrogens is 196 g/mol. The molecule has 1 fully saturated rings.